The number of likely N-dealkylation sites (tertiary alicyclic amines) is 1. The highest BCUT2D eigenvalue weighted by atomic mass is 19.1. The average Bonchev–Trinajstić information content (AvgIpc) is 2.70. The summed E-state index contributed by atoms with van der Waals surface area (Å²) in [7, 11) is 0. The number of benzene rings is 1. The van der Waals surface area contributed by atoms with Gasteiger partial charge >= 0.3 is 12.1 Å². The zero-order chi connectivity index (χ0) is 19.2. The number of nitrogens with one attached hydrogen (secondary N) is 1. The Morgan fingerprint density at radius 3 is 2.26 bits per heavy atom. The molecular weight excluding hydrogens is 351 g/mol. The Morgan fingerprint density at radius 1 is 1.04 bits per heavy atom. The first-order valence-corrected chi connectivity index (χ1v) is 9.54. The van der Waals surface area contributed by atoms with Gasteiger partial charge in [-0.2, -0.15) is 0 Å². The Balaban J connectivity index is 1.42. The highest BCUT2D eigenvalue weighted by Crippen LogP contribution is 2.19. The van der Waals surface area contributed by atoms with Crippen molar-refractivity contribution in [1.29, 1.82) is 0 Å². The van der Waals surface area contributed by atoms with Gasteiger partial charge in [-0.25, -0.2) is 14.0 Å². The molecule has 2 heterocycles. The molecule has 0 atom stereocenters. The molecule has 0 aromatic heterocycles. The zero-order valence-corrected chi connectivity index (χ0v) is 15.7. The lowest BCUT2D eigenvalue weighted by atomic mass is 10.0. The lowest BCUT2D eigenvalue weighted by Gasteiger charge is -2.42. The Bertz CT molecular complexity index is 639. The van der Waals surface area contributed by atoms with Crippen molar-refractivity contribution in [3.63, 3.8) is 0 Å². The molecule has 0 bridgehead atoms. The molecule has 0 radical (unpaired) electrons. The van der Waals surface area contributed by atoms with Crippen molar-refractivity contribution in [2.45, 2.75) is 25.8 Å². The van der Waals surface area contributed by atoms with Crippen LogP contribution in [0.2, 0.25) is 0 Å². The van der Waals surface area contributed by atoms with Crippen LogP contribution in [0.4, 0.5) is 19.7 Å². The maximum absolute atomic E-state index is 12.9. The second kappa shape index (κ2) is 9.03. The van der Waals surface area contributed by atoms with E-state index < -0.39 is 0 Å². The van der Waals surface area contributed by atoms with E-state index in [-0.39, 0.29) is 17.9 Å². The first-order valence-electron chi connectivity index (χ1n) is 9.54. The molecule has 27 heavy (non-hydrogen) atoms. The number of hydrogen-bond acceptors (Lipinski definition) is 4. The molecule has 1 aromatic rings. The first-order chi connectivity index (χ1) is 13.1. The summed E-state index contributed by atoms with van der Waals surface area (Å²) in [6.07, 6.45) is 1.64. The van der Waals surface area contributed by atoms with Crippen molar-refractivity contribution in [1.82, 2.24) is 14.7 Å². The standard InChI is InChI=1S/C19H27FN4O3/c1-2-27-19(26)24-9-7-17(8-10-24)22-11-13-23(14-12-22)18(25)21-16-5-3-15(20)4-6-16/h3-6,17H,2,7-14H2,1H3,(H,21,25). The van der Waals surface area contributed by atoms with Crippen LogP contribution in [0.25, 0.3) is 0 Å². The maximum Gasteiger partial charge on any atom is 0.409 e. The highest BCUT2D eigenvalue weighted by Gasteiger charge is 2.30. The monoisotopic (exact) mass is 378 g/mol. The Kier molecular flexibility index (Phi) is 6.49. The lowest BCUT2D eigenvalue weighted by molar-refractivity contribution is 0.0581. The van der Waals surface area contributed by atoms with Crippen LogP contribution in [-0.4, -0.2) is 78.7 Å². The molecule has 0 unspecified atom stereocenters. The molecule has 1 aromatic carbocycles. The molecule has 0 aliphatic carbocycles. The van der Waals surface area contributed by atoms with Crippen LogP contribution >= 0.6 is 0 Å². The van der Waals surface area contributed by atoms with Crippen LogP contribution in [0.3, 0.4) is 0 Å². The summed E-state index contributed by atoms with van der Waals surface area (Å²) >= 11 is 0. The van der Waals surface area contributed by atoms with Gasteiger partial charge in [0.25, 0.3) is 0 Å². The molecule has 3 rings (SSSR count). The van der Waals surface area contributed by atoms with Gasteiger partial charge in [-0.15, -0.1) is 0 Å². The topological polar surface area (TPSA) is 65.1 Å². The summed E-state index contributed by atoms with van der Waals surface area (Å²) in [5.74, 6) is -0.324. The van der Waals surface area contributed by atoms with Crippen molar-refractivity contribution < 1.29 is 18.7 Å². The number of urea groups is 1. The van der Waals surface area contributed by atoms with Crippen LogP contribution in [0.15, 0.2) is 24.3 Å². The van der Waals surface area contributed by atoms with E-state index in [1.54, 1.807) is 21.9 Å². The van der Waals surface area contributed by atoms with Crippen molar-refractivity contribution >= 4 is 17.8 Å². The molecule has 2 aliphatic rings. The van der Waals surface area contributed by atoms with Gasteiger partial charge in [0, 0.05) is 51.0 Å². The van der Waals surface area contributed by atoms with Gasteiger partial charge in [-0.1, -0.05) is 0 Å². The van der Waals surface area contributed by atoms with E-state index in [9.17, 15) is 14.0 Å². The molecule has 8 heteroatoms. The number of rotatable bonds is 3. The summed E-state index contributed by atoms with van der Waals surface area (Å²) in [6.45, 7) is 6.61. The SMILES string of the molecule is CCOC(=O)N1CCC(N2CCN(C(=O)Nc3ccc(F)cc3)CC2)CC1. The molecule has 2 saturated heterocycles. The minimum absolute atomic E-state index is 0.154. The van der Waals surface area contributed by atoms with Crippen molar-refractivity contribution in [2.24, 2.45) is 0 Å². The summed E-state index contributed by atoms with van der Waals surface area (Å²) < 4.78 is 18.0. The van der Waals surface area contributed by atoms with Gasteiger partial charge in [0.15, 0.2) is 0 Å². The summed E-state index contributed by atoms with van der Waals surface area (Å²) in [5.41, 5.74) is 0.593. The summed E-state index contributed by atoms with van der Waals surface area (Å²) in [5, 5.41) is 2.81. The molecule has 148 valence electrons. The minimum Gasteiger partial charge on any atom is -0.450 e. The number of piperazine rings is 1. The molecule has 0 saturated carbocycles. The molecule has 2 aliphatic heterocycles. The first kappa shape index (κ1) is 19.4. The number of piperidine rings is 1. The number of carbonyl (C=O) groups is 2. The Morgan fingerprint density at radius 2 is 1.67 bits per heavy atom. The van der Waals surface area contributed by atoms with Crippen molar-refractivity contribution in [3.05, 3.63) is 30.1 Å². The molecule has 0 spiro atoms. The largest absolute Gasteiger partial charge is 0.450 e. The molecule has 2 fully saturated rings. The summed E-state index contributed by atoms with van der Waals surface area (Å²) in [6, 6.07) is 6.06. The van der Waals surface area contributed by atoms with Crippen LogP contribution in [-0.2, 0) is 4.74 Å². The number of nitrogens with zero attached hydrogens (tertiary/aromatic N) is 3. The third kappa shape index (κ3) is 5.09. The van der Waals surface area contributed by atoms with Crippen LogP contribution in [0.5, 0.6) is 0 Å². The number of hydrogen-bond donors (Lipinski definition) is 1. The fourth-order valence-corrected chi connectivity index (χ4v) is 3.65. The van der Waals surface area contributed by atoms with E-state index in [2.05, 4.69) is 10.2 Å². The van der Waals surface area contributed by atoms with Gasteiger partial charge in [0.1, 0.15) is 5.82 Å². The van der Waals surface area contributed by atoms with Gasteiger partial charge in [-0.3, -0.25) is 4.90 Å². The number of ether oxygens (including phenoxy) is 1. The number of carbonyl (C=O) groups excluding carboxylic acids is 2. The fraction of sp³-hybridized carbons (Fsp3) is 0.579. The predicted molar refractivity (Wildman–Crippen MR) is 100 cm³/mol. The second-order valence-corrected chi connectivity index (χ2v) is 6.88. The highest BCUT2D eigenvalue weighted by molar-refractivity contribution is 5.89. The van der Waals surface area contributed by atoms with Gasteiger partial charge in [0.2, 0.25) is 0 Å². The number of halogens is 1. The summed E-state index contributed by atoms with van der Waals surface area (Å²) in [4.78, 5) is 30.1. The molecular formula is C19H27FN4O3. The van der Waals surface area contributed by atoms with Crippen molar-refractivity contribution in [2.75, 3.05) is 51.2 Å². The lowest BCUT2D eigenvalue weighted by Crippen LogP contribution is -2.55. The smallest absolute Gasteiger partial charge is 0.409 e. The third-order valence-corrected chi connectivity index (χ3v) is 5.20. The quantitative estimate of drug-likeness (QED) is 0.878. The van der Waals surface area contributed by atoms with E-state index in [4.69, 9.17) is 4.74 Å². The number of amides is 3. The van der Waals surface area contributed by atoms with E-state index in [1.807, 2.05) is 6.92 Å². The maximum atomic E-state index is 12.9. The number of anilines is 1. The van der Waals surface area contributed by atoms with Gasteiger partial charge in [0.05, 0.1) is 6.61 Å². The van der Waals surface area contributed by atoms with Gasteiger partial charge < -0.3 is 19.9 Å². The third-order valence-electron chi connectivity index (χ3n) is 5.20. The second-order valence-electron chi connectivity index (χ2n) is 6.88. The average molecular weight is 378 g/mol. The van der Waals surface area contributed by atoms with E-state index in [0.717, 1.165) is 39.0 Å². The van der Waals surface area contributed by atoms with Crippen LogP contribution < -0.4 is 5.32 Å². The molecule has 1 N–H and O–H groups in total. The fourth-order valence-electron chi connectivity index (χ4n) is 3.65. The van der Waals surface area contributed by atoms with Crippen LogP contribution in [0.1, 0.15) is 19.8 Å². The normalized spacial score (nSPS) is 19.0. The molecule has 7 nitrogen and oxygen atoms in total. The Labute approximate surface area is 159 Å². The van der Waals surface area contributed by atoms with E-state index in [0.29, 0.717) is 31.4 Å². The van der Waals surface area contributed by atoms with E-state index >= 15 is 0 Å². The predicted octanol–water partition coefficient (Wildman–Crippen LogP) is 2.60. The van der Waals surface area contributed by atoms with Crippen LogP contribution in [0, 0.1) is 5.82 Å². The zero-order valence-electron chi connectivity index (χ0n) is 15.7. The Hall–Kier alpha value is -2.35. The van der Waals surface area contributed by atoms with E-state index in [1.165, 1.54) is 12.1 Å². The molecule has 3 amide bonds. The van der Waals surface area contributed by atoms with Gasteiger partial charge in [-0.05, 0) is 44.0 Å². The van der Waals surface area contributed by atoms with Crippen molar-refractivity contribution in [3.8, 4) is 0 Å². The minimum atomic E-state index is -0.324.